The Balaban J connectivity index is 1.41. The molecule has 120 valence electrons. The van der Waals surface area contributed by atoms with Crippen LogP contribution in [-0.2, 0) is 9.53 Å². The number of hydrogen-bond acceptors (Lipinski definition) is 4. The predicted molar refractivity (Wildman–Crippen MR) is 82.3 cm³/mol. The van der Waals surface area contributed by atoms with Gasteiger partial charge in [-0.2, -0.15) is 0 Å². The van der Waals surface area contributed by atoms with Gasteiger partial charge in [-0.1, -0.05) is 6.42 Å². The SMILES string of the molecule is O=C(NC1CNC(C2CCCC(Cl)C2)NC1)C1CCCO1. The molecule has 3 N–H and O–H groups in total. The Morgan fingerprint density at radius 2 is 1.95 bits per heavy atom. The first-order chi connectivity index (χ1) is 10.2. The lowest BCUT2D eigenvalue weighted by atomic mass is 9.86. The van der Waals surface area contributed by atoms with Gasteiger partial charge in [-0.3, -0.25) is 15.4 Å². The predicted octanol–water partition coefficient (Wildman–Crippen LogP) is 0.967. The molecule has 1 saturated carbocycles. The molecule has 2 saturated heterocycles. The van der Waals surface area contributed by atoms with Crippen LogP contribution in [0.5, 0.6) is 0 Å². The molecular formula is C15H26ClN3O2. The van der Waals surface area contributed by atoms with Crippen molar-refractivity contribution in [2.24, 2.45) is 5.92 Å². The zero-order valence-corrected chi connectivity index (χ0v) is 13.2. The van der Waals surface area contributed by atoms with Gasteiger partial charge in [0, 0.05) is 25.1 Å². The summed E-state index contributed by atoms with van der Waals surface area (Å²) in [6, 6.07) is 0.147. The number of carbonyl (C=O) groups is 1. The molecule has 3 atom stereocenters. The van der Waals surface area contributed by atoms with E-state index in [-0.39, 0.29) is 18.1 Å². The van der Waals surface area contributed by atoms with Crippen molar-refractivity contribution in [3.63, 3.8) is 0 Å². The monoisotopic (exact) mass is 315 g/mol. The van der Waals surface area contributed by atoms with E-state index in [1.165, 1.54) is 12.8 Å². The Morgan fingerprint density at radius 3 is 2.62 bits per heavy atom. The smallest absolute Gasteiger partial charge is 0.249 e. The van der Waals surface area contributed by atoms with Gasteiger partial charge in [-0.25, -0.2) is 0 Å². The molecule has 0 spiro atoms. The van der Waals surface area contributed by atoms with Crippen molar-refractivity contribution in [3.8, 4) is 0 Å². The van der Waals surface area contributed by atoms with Crippen LogP contribution in [0.25, 0.3) is 0 Å². The largest absolute Gasteiger partial charge is 0.368 e. The summed E-state index contributed by atoms with van der Waals surface area (Å²) in [6.07, 6.45) is 6.62. The number of nitrogens with one attached hydrogen (secondary N) is 3. The van der Waals surface area contributed by atoms with Crippen LogP contribution in [0.15, 0.2) is 0 Å². The van der Waals surface area contributed by atoms with Gasteiger partial charge in [0.25, 0.3) is 0 Å². The van der Waals surface area contributed by atoms with Gasteiger partial charge in [0.15, 0.2) is 0 Å². The van der Waals surface area contributed by atoms with E-state index >= 15 is 0 Å². The van der Waals surface area contributed by atoms with E-state index in [1.807, 2.05) is 0 Å². The maximum absolute atomic E-state index is 12.0. The van der Waals surface area contributed by atoms with E-state index in [2.05, 4.69) is 16.0 Å². The van der Waals surface area contributed by atoms with E-state index in [4.69, 9.17) is 16.3 Å². The number of ether oxygens (including phenoxy) is 1. The fourth-order valence-electron chi connectivity index (χ4n) is 3.67. The standard InChI is InChI=1S/C15H26ClN3O2/c16-11-4-1-3-10(7-11)14-17-8-12(9-18-14)19-15(20)13-5-2-6-21-13/h10-14,17-18H,1-9H2,(H,19,20). The molecule has 0 aromatic carbocycles. The number of amides is 1. The second kappa shape index (κ2) is 7.27. The first kappa shape index (κ1) is 15.5. The lowest BCUT2D eigenvalue weighted by Gasteiger charge is -2.39. The molecule has 6 heteroatoms. The van der Waals surface area contributed by atoms with Gasteiger partial charge < -0.3 is 10.1 Å². The van der Waals surface area contributed by atoms with Crippen molar-refractivity contribution in [2.45, 2.75) is 62.2 Å². The quantitative estimate of drug-likeness (QED) is 0.679. The number of rotatable bonds is 3. The van der Waals surface area contributed by atoms with Gasteiger partial charge in [0.05, 0.1) is 12.2 Å². The Bertz CT molecular complexity index is 355. The first-order valence-electron chi connectivity index (χ1n) is 8.25. The molecule has 21 heavy (non-hydrogen) atoms. The molecule has 5 nitrogen and oxygen atoms in total. The third-order valence-corrected chi connectivity index (χ3v) is 5.26. The topological polar surface area (TPSA) is 62.4 Å². The fraction of sp³-hybridized carbons (Fsp3) is 0.933. The highest BCUT2D eigenvalue weighted by molar-refractivity contribution is 6.20. The van der Waals surface area contributed by atoms with Crippen LogP contribution in [0, 0.1) is 5.92 Å². The second-order valence-corrected chi connectivity index (χ2v) is 7.14. The van der Waals surface area contributed by atoms with Gasteiger partial charge in [0.2, 0.25) is 5.91 Å². The van der Waals surface area contributed by atoms with Crippen LogP contribution >= 0.6 is 11.6 Å². The molecule has 1 aliphatic carbocycles. The van der Waals surface area contributed by atoms with E-state index in [0.29, 0.717) is 24.1 Å². The summed E-state index contributed by atoms with van der Waals surface area (Å²) in [5, 5.41) is 10.5. The van der Waals surface area contributed by atoms with E-state index in [0.717, 1.165) is 38.8 Å². The van der Waals surface area contributed by atoms with Gasteiger partial charge >= 0.3 is 0 Å². The fourth-order valence-corrected chi connectivity index (χ4v) is 4.05. The average Bonchev–Trinajstić information content (AvgIpc) is 3.02. The Hall–Kier alpha value is -0.360. The Kier molecular flexibility index (Phi) is 5.38. The van der Waals surface area contributed by atoms with E-state index in [9.17, 15) is 4.79 Å². The molecule has 0 bridgehead atoms. The van der Waals surface area contributed by atoms with E-state index < -0.39 is 0 Å². The number of hydrogen-bond donors (Lipinski definition) is 3. The third kappa shape index (κ3) is 4.09. The van der Waals surface area contributed by atoms with Crippen molar-refractivity contribution in [1.82, 2.24) is 16.0 Å². The third-order valence-electron chi connectivity index (χ3n) is 4.86. The molecule has 1 amide bonds. The molecule has 0 aromatic rings. The lowest BCUT2D eigenvalue weighted by Crippen LogP contribution is -2.63. The van der Waals surface area contributed by atoms with Crippen LogP contribution < -0.4 is 16.0 Å². The number of alkyl halides is 1. The average molecular weight is 316 g/mol. The highest BCUT2D eigenvalue weighted by atomic mass is 35.5. The van der Waals surface area contributed by atoms with Crippen LogP contribution in [-0.4, -0.2) is 49.3 Å². The van der Waals surface area contributed by atoms with Gasteiger partial charge in [0.1, 0.15) is 6.10 Å². The summed E-state index contributed by atoms with van der Waals surface area (Å²) in [5.41, 5.74) is 0. The number of halogens is 1. The summed E-state index contributed by atoms with van der Waals surface area (Å²) in [4.78, 5) is 12.0. The minimum Gasteiger partial charge on any atom is -0.368 e. The molecule has 3 unspecified atom stereocenters. The summed E-state index contributed by atoms with van der Waals surface area (Å²) in [7, 11) is 0. The van der Waals surface area contributed by atoms with Crippen molar-refractivity contribution >= 4 is 17.5 Å². The van der Waals surface area contributed by atoms with Crippen molar-refractivity contribution in [3.05, 3.63) is 0 Å². The zero-order chi connectivity index (χ0) is 14.7. The van der Waals surface area contributed by atoms with E-state index in [1.54, 1.807) is 0 Å². The van der Waals surface area contributed by atoms with Crippen LogP contribution in [0.2, 0.25) is 0 Å². The Labute approximate surface area is 131 Å². The molecule has 3 fully saturated rings. The van der Waals surface area contributed by atoms with Gasteiger partial charge in [-0.15, -0.1) is 11.6 Å². The minimum atomic E-state index is -0.238. The highest BCUT2D eigenvalue weighted by Gasteiger charge is 2.32. The summed E-state index contributed by atoms with van der Waals surface area (Å²) in [6.45, 7) is 2.35. The maximum atomic E-state index is 12.0. The molecular weight excluding hydrogens is 290 g/mol. The zero-order valence-electron chi connectivity index (χ0n) is 12.4. The normalized spacial score (nSPS) is 40.9. The summed E-state index contributed by atoms with van der Waals surface area (Å²) in [5.74, 6) is 0.647. The maximum Gasteiger partial charge on any atom is 0.249 e. The molecule has 0 aromatic heterocycles. The number of carbonyl (C=O) groups excluding carboxylic acids is 1. The van der Waals surface area contributed by atoms with Crippen molar-refractivity contribution in [1.29, 1.82) is 0 Å². The molecule has 2 aliphatic heterocycles. The Morgan fingerprint density at radius 1 is 1.14 bits per heavy atom. The minimum absolute atomic E-state index is 0.0399. The summed E-state index contributed by atoms with van der Waals surface area (Å²) < 4.78 is 5.42. The van der Waals surface area contributed by atoms with Crippen molar-refractivity contribution < 1.29 is 9.53 Å². The first-order valence-corrected chi connectivity index (χ1v) is 8.69. The second-order valence-electron chi connectivity index (χ2n) is 6.53. The highest BCUT2D eigenvalue weighted by Crippen LogP contribution is 2.29. The lowest BCUT2D eigenvalue weighted by molar-refractivity contribution is -0.130. The van der Waals surface area contributed by atoms with Gasteiger partial charge in [-0.05, 0) is 38.0 Å². The molecule has 0 radical (unpaired) electrons. The van der Waals surface area contributed by atoms with Crippen LogP contribution in [0.1, 0.15) is 38.5 Å². The molecule has 3 rings (SSSR count). The van der Waals surface area contributed by atoms with Crippen LogP contribution in [0.4, 0.5) is 0 Å². The van der Waals surface area contributed by atoms with Crippen LogP contribution in [0.3, 0.4) is 0 Å². The van der Waals surface area contributed by atoms with Crippen molar-refractivity contribution in [2.75, 3.05) is 19.7 Å². The summed E-state index contributed by atoms with van der Waals surface area (Å²) >= 11 is 6.27. The molecule has 3 aliphatic rings. The molecule has 2 heterocycles.